The zero-order valence-corrected chi connectivity index (χ0v) is 13.1. The van der Waals surface area contributed by atoms with Crippen LogP contribution in [0.5, 0.6) is 0 Å². The summed E-state index contributed by atoms with van der Waals surface area (Å²) in [6.45, 7) is 5.32. The lowest BCUT2D eigenvalue weighted by atomic mass is 10.0. The van der Waals surface area contributed by atoms with Gasteiger partial charge in [0, 0.05) is 38.4 Å². The molecule has 0 spiro atoms. The lowest BCUT2D eigenvalue weighted by Gasteiger charge is -2.38. The Balaban J connectivity index is 1.67. The molecule has 0 unspecified atom stereocenters. The van der Waals surface area contributed by atoms with E-state index in [4.69, 9.17) is 5.26 Å². The summed E-state index contributed by atoms with van der Waals surface area (Å²) in [5.41, 5.74) is 1.82. The van der Waals surface area contributed by atoms with Crippen molar-refractivity contribution in [3.8, 4) is 6.07 Å². The number of nitrogens with zero attached hydrogens (tertiary/aromatic N) is 4. The first-order valence-electron chi connectivity index (χ1n) is 7.78. The molecule has 4 nitrogen and oxygen atoms in total. The van der Waals surface area contributed by atoms with Gasteiger partial charge in [0.1, 0.15) is 0 Å². The molecule has 1 aliphatic rings. The highest BCUT2D eigenvalue weighted by Gasteiger charge is 2.24. The first kappa shape index (κ1) is 15.4. The first-order chi connectivity index (χ1) is 11.2. The maximum Gasteiger partial charge on any atom is 0.165 e. The lowest BCUT2D eigenvalue weighted by Crippen LogP contribution is -2.47. The number of pyridine rings is 1. The van der Waals surface area contributed by atoms with Gasteiger partial charge in [-0.3, -0.25) is 4.90 Å². The molecule has 1 saturated heterocycles. The van der Waals surface area contributed by atoms with Gasteiger partial charge < -0.3 is 4.90 Å². The number of benzene rings is 1. The summed E-state index contributed by atoms with van der Waals surface area (Å²) in [7, 11) is 0. The molecular formula is C18H19FN4. The van der Waals surface area contributed by atoms with Crippen LogP contribution in [-0.2, 0) is 0 Å². The minimum atomic E-state index is -0.268. The van der Waals surface area contributed by atoms with Crippen molar-refractivity contribution in [2.45, 2.75) is 13.0 Å². The number of piperazine rings is 1. The third-order valence-corrected chi connectivity index (χ3v) is 4.40. The summed E-state index contributed by atoms with van der Waals surface area (Å²) in [5, 5.41) is 9.03. The standard InChI is InChI=1S/C18H19FN4/c1-14(16-5-2-4-15(12-16)13-20)22-8-10-23(11-9-22)18-17(19)6-3-7-21-18/h2-7,12,14H,8-11H2,1H3/t14-/m0/s1. The summed E-state index contributed by atoms with van der Waals surface area (Å²) in [4.78, 5) is 8.49. The number of aromatic nitrogens is 1. The Hall–Kier alpha value is -2.45. The number of halogens is 1. The van der Waals surface area contributed by atoms with Crippen molar-refractivity contribution in [2.75, 3.05) is 31.1 Å². The van der Waals surface area contributed by atoms with E-state index >= 15 is 0 Å². The van der Waals surface area contributed by atoms with E-state index in [1.165, 1.54) is 6.07 Å². The fourth-order valence-corrected chi connectivity index (χ4v) is 3.01. The summed E-state index contributed by atoms with van der Waals surface area (Å²) < 4.78 is 13.8. The number of hydrogen-bond acceptors (Lipinski definition) is 4. The van der Waals surface area contributed by atoms with Gasteiger partial charge in [0.25, 0.3) is 0 Å². The Morgan fingerprint density at radius 2 is 1.96 bits per heavy atom. The molecule has 2 aromatic rings. The molecule has 1 aromatic heterocycles. The van der Waals surface area contributed by atoms with E-state index in [-0.39, 0.29) is 11.9 Å². The van der Waals surface area contributed by atoms with E-state index in [1.54, 1.807) is 12.3 Å². The molecule has 1 aliphatic heterocycles. The van der Waals surface area contributed by atoms with Gasteiger partial charge >= 0.3 is 0 Å². The highest BCUT2D eigenvalue weighted by Crippen LogP contribution is 2.24. The second-order valence-corrected chi connectivity index (χ2v) is 5.75. The summed E-state index contributed by atoms with van der Waals surface area (Å²) in [6, 6.07) is 13.2. The van der Waals surface area contributed by atoms with Crippen molar-refractivity contribution in [1.29, 1.82) is 5.26 Å². The Bertz CT molecular complexity index is 717. The molecule has 0 N–H and O–H groups in total. The Kier molecular flexibility index (Phi) is 4.54. The average molecular weight is 310 g/mol. The van der Waals surface area contributed by atoms with E-state index in [0.717, 1.165) is 31.7 Å². The first-order valence-corrected chi connectivity index (χ1v) is 7.78. The number of hydrogen-bond donors (Lipinski definition) is 0. The smallest absolute Gasteiger partial charge is 0.165 e. The molecule has 1 fully saturated rings. The molecule has 0 aliphatic carbocycles. The van der Waals surface area contributed by atoms with Crippen LogP contribution in [0.2, 0.25) is 0 Å². The molecule has 118 valence electrons. The molecule has 5 heteroatoms. The molecule has 0 bridgehead atoms. The molecular weight excluding hydrogens is 291 g/mol. The molecule has 1 aromatic carbocycles. The lowest BCUT2D eigenvalue weighted by molar-refractivity contribution is 0.197. The zero-order chi connectivity index (χ0) is 16.2. The van der Waals surface area contributed by atoms with Crippen LogP contribution in [0.15, 0.2) is 42.6 Å². The van der Waals surface area contributed by atoms with Gasteiger partial charge in [-0.05, 0) is 36.8 Å². The summed E-state index contributed by atoms with van der Waals surface area (Å²) >= 11 is 0. The predicted octanol–water partition coefficient (Wildman–Crippen LogP) is 2.98. The van der Waals surface area contributed by atoms with Gasteiger partial charge in [-0.25, -0.2) is 9.37 Å². The van der Waals surface area contributed by atoms with Crippen molar-refractivity contribution < 1.29 is 4.39 Å². The third kappa shape index (κ3) is 3.33. The van der Waals surface area contributed by atoms with Crippen LogP contribution in [0.1, 0.15) is 24.1 Å². The van der Waals surface area contributed by atoms with E-state index in [1.807, 2.05) is 23.1 Å². The van der Waals surface area contributed by atoms with Crippen LogP contribution in [0, 0.1) is 17.1 Å². The highest BCUT2D eigenvalue weighted by molar-refractivity contribution is 5.40. The summed E-state index contributed by atoms with van der Waals surface area (Å²) in [6.07, 6.45) is 1.63. The molecule has 1 atom stereocenters. The molecule has 23 heavy (non-hydrogen) atoms. The van der Waals surface area contributed by atoms with Gasteiger partial charge in [0.05, 0.1) is 11.6 Å². The van der Waals surface area contributed by atoms with Crippen LogP contribution in [-0.4, -0.2) is 36.1 Å². The van der Waals surface area contributed by atoms with Crippen molar-refractivity contribution in [3.63, 3.8) is 0 Å². The Morgan fingerprint density at radius 3 is 2.65 bits per heavy atom. The predicted molar refractivity (Wildman–Crippen MR) is 87.6 cm³/mol. The Morgan fingerprint density at radius 1 is 1.17 bits per heavy atom. The van der Waals surface area contributed by atoms with Gasteiger partial charge in [-0.2, -0.15) is 5.26 Å². The van der Waals surface area contributed by atoms with Gasteiger partial charge in [0.2, 0.25) is 0 Å². The number of nitriles is 1. The second kappa shape index (κ2) is 6.76. The maximum absolute atomic E-state index is 13.8. The topological polar surface area (TPSA) is 43.2 Å². The average Bonchev–Trinajstić information content (AvgIpc) is 2.62. The van der Waals surface area contributed by atoms with Crippen molar-refractivity contribution in [3.05, 3.63) is 59.5 Å². The molecule has 2 heterocycles. The molecule has 0 saturated carbocycles. The third-order valence-electron chi connectivity index (χ3n) is 4.40. The van der Waals surface area contributed by atoms with Crippen molar-refractivity contribution in [1.82, 2.24) is 9.88 Å². The Labute approximate surface area is 135 Å². The monoisotopic (exact) mass is 310 g/mol. The van der Waals surface area contributed by atoms with Crippen molar-refractivity contribution >= 4 is 5.82 Å². The van der Waals surface area contributed by atoms with E-state index in [9.17, 15) is 4.39 Å². The quantitative estimate of drug-likeness (QED) is 0.874. The maximum atomic E-state index is 13.8. The van der Waals surface area contributed by atoms with Crippen LogP contribution in [0.4, 0.5) is 10.2 Å². The molecule has 0 radical (unpaired) electrons. The van der Waals surface area contributed by atoms with Crippen molar-refractivity contribution in [2.24, 2.45) is 0 Å². The second-order valence-electron chi connectivity index (χ2n) is 5.75. The number of rotatable bonds is 3. The minimum absolute atomic E-state index is 0.235. The van der Waals surface area contributed by atoms with Gasteiger partial charge in [-0.1, -0.05) is 12.1 Å². The zero-order valence-electron chi connectivity index (χ0n) is 13.1. The van der Waals surface area contributed by atoms with E-state index in [0.29, 0.717) is 11.4 Å². The largest absolute Gasteiger partial charge is 0.352 e. The van der Waals surface area contributed by atoms with Crippen LogP contribution in [0.25, 0.3) is 0 Å². The highest BCUT2D eigenvalue weighted by atomic mass is 19.1. The summed E-state index contributed by atoms with van der Waals surface area (Å²) in [5.74, 6) is 0.169. The molecule has 0 amide bonds. The molecule has 3 rings (SSSR count). The van der Waals surface area contributed by atoms with Crippen LogP contribution < -0.4 is 4.90 Å². The van der Waals surface area contributed by atoms with Gasteiger partial charge in [-0.15, -0.1) is 0 Å². The fraction of sp³-hybridized carbons (Fsp3) is 0.333. The number of anilines is 1. The van der Waals surface area contributed by atoms with E-state index < -0.39 is 0 Å². The minimum Gasteiger partial charge on any atom is -0.352 e. The fourth-order valence-electron chi connectivity index (χ4n) is 3.01. The van der Waals surface area contributed by atoms with Gasteiger partial charge in [0.15, 0.2) is 11.6 Å². The van der Waals surface area contributed by atoms with Crippen LogP contribution in [0.3, 0.4) is 0 Å². The normalized spacial score (nSPS) is 16.8. The van der Waals surface area contributed by atoms with Crippen LogP contribution >= 0.6 is 0 Å². The van der Waals surface area contributed by atoms with E-state index in [2.05, 4.69) is 28.9 Å². The SMILES string of the molecule is C[C@@H](c1cccc(C#N)c1)N1CCN(c2ncccc2F)CC1.